The molecule has 88 valence electrons. The first-order chi connectivity index (χ1) is 7.70. The standard InChI is InChI=1S/C11H15BrClN3/c12-9-4-8(6-15-11(9)13)16-10-3-1-2-7(10)5-14/h4,6-7,10,16H,1-3,5,14H2. The Morgan fingerprint density at radius 2 is 2.38 bits per heavy atom. The molecular weight excluding hydrogens is 289 g/mol. The summed E-state index contributed by atoms with van der Waals surface area (Å²) in [6, 6.07) is 2.43. The van der Waals surface area contributed by atoms with Crippen molar-refractivity contribution in [1.82, 2.24) is 4.98 Å². The fourth-order valence-corrected chi connectivity index (χ4v) is 2.68. The zero-order valence-corrected chi connectivity index (χ0v) is 11.3. The summed E-state index contributed by atoms with van der Waals surface area (Å²) in [4.78, 5) is 4.10. The summed E-state index contributed by atoms with van der Waals surface area (Å²) in [5, 5.41) is 3.97. The fourth-order valence-electron chi connectivity index (χ4n) is 2.22. The maximum Gasteiger partial charge on any atom is 0.143 e. The largest absolute Gasteiger partial charge is 0.381 e. The number of pyridine rings is 1. The van der Waals surface area contributed by atoms with Crippen LogP contribution in [0.5, 0.6) is 0 Å². The van der Waals surface area contributed by atoms with Crippen LogP contribution in [-0.2, 0) is 0 Å². The SMILES string of the molecule is NCC1CCCC1Nc1cnc(Cl)c(Br)c1. The maximum atomic E-state index is 5.85. The Labute approximate surface area is 109 Å². The predicted octanol–water partition coefficient (Wildman–Crippen LogP) is 3.04. The normalized spacial score (nSPS) is 24.7. The van der Waals surface area contributed by atoms with E-state index >= 15 is 0 Å². The van der Waals surface area contributed by atoms with Crippen LogP contribution >= 0.6 is 27.5 Å². The van der Waals surface area contributed by atoms with E-state index in [4.69, 9.17) is 17.3 Å². The molecule has 0 spiro atoms. The van der Waals surface area contributed by atoms with E-state index < -0.39 is 0 Å². The highest BCUT2D eigenvalue weighted by Crippen LogP contribution is 2.29. The average Bonchev–Trinajstić information content (AvgIpc) is 2.71. The molecule has 5 heteroatoms. The van der Waals surface area contributed by atoms with Gasteiger partial charge in [-0.1, -0.05) is 18.0 Å². The second-order valence-electron chi connectivity index (χ2n) is 4.17. The van der Waals surface area contributed by atoms with E-state index in [1.165, 1.54) is 19.3 Å². The maximum absolute atomic E-state index is 5.85. The zero-order chi connectivity index (χ0) is 11.5. The third-order valence-corrected chi connectivity index (χ3v) is 4.24. The molecule has 1 aliphatic carbocycles. The van der Waals surface area contributed by atoms with Gasteiger partial charge in [-0.3, -0.25) is 0 Å². The molecule has 2 atom stereocenters. The molecule has 0 bridgehead atoms. The number of nitrogens with zero attached hydrogens (tertiary/aromatic N) is 1. The minimum atomic E-state index is 0.472. The van der Waals surface area contributed by atoms with Crippen molar-refractivity contribution in [2.24, 2.45) is 11.7 Å². The second kappa shape index (κ2) is 5.34. The Kier molecular flexibility index (Phi) is 4.05. The number of hydrogen-bond acceptors (Lipinski definition) is 3. The monoisotopic (exact) mass is 303 g/mol. The Balaban J connectivity index is 2.05. The molecule has 0 aliphatic heterocycles. The van der Waals surface area contributed by atoms with Crippen molar-refractivity contribution in [1.29, 1.82) is 0 Å². The summed E-state index contributed by atoms with van der Waals surface area (Å²) in [7, 11) is 0. The third-order valence-electron chi connectivity index (χ3n) is 3.11. The van der Waals surface area contributed by atoms with Gasteiger partial charge in [-0.25, -0.2) is 4.98 Å². The van der Waals surface area contributed by atoms with Gasteiger partial charge in [0.05, 0.1) is 16.4 Å². The molecule has 1 aromatic heterocycles. The Morgan fingerprint density at radius 1 is 1.56 bits per heavy atom. The first kappa shape index (κ1) is 12.1. The topological polar surface area (TPSA) is 50.9 Å². The Morgan fingerprint density at radius 3 is 3.06 bits per heavy atom. The van der Waals surface area contributed by atoms with Gasteiger partial charge < -0.3 is 11.1 Å². The van der Waals surface area contributed by atoms with Crippen molar-refractivity contribution in [3.8, 4) is 0 Å². The lowest BCUT2D eigenvalue weighted by atomic mass is 10.0. The van der Waals surface area contributed by atoms with Gasteiger partial charge in [-0.05, 0) is 47.3 Å². The van der Waals surface area contributed by atoms with Crippen LogP contribution in [0.25, 0.3) is 0 Å². The van der Waals surface area contributed by atoms with Gasteiger partial charge in [-0.15, -0.1) is 0 Å². The van der Waals surface area contributed by atoms with E-state index in [-0.39, 0.29) is 0 Å². The molecule has 2 unspecified atom stereocenters. The highest BCUT2D eigenvalue weighted by atomic mass is 79.9. The van der Waals surface area contributed by atoms with E-state index in [9.17, 15) is 0 Å². The summed E-state index contributed by atoms with van der Waals surface area (Å²) in [5.74, 6) is 0.578. The van der Waals surface area contributed by atoms with Crippen molar-refractivity contribution in [3.05, 3.63) is 21.9 Å². The molecule has 2 rings (SSSR count). The predicted molar refractivity (Wildman–Crippen MR) is 70.8 cm³/mol. The molecule has 3 N–H and O–H groups in total. The molecule has 0 radical (unpaired) electrons. The van der Waals surface area contributed by atoms with E-state index in [0.717, 1.165) is 16.7 Å². The lowest BCUT2D eigenvalue weighted by Crippen LogP contribution is -2.29. The molecule has 1 saturated carbocycles. The highest BCUT2D eigenvalue weighted by Gasteiger charge is 2.25. The minimum absolute atomic E-state index is 0.472. The van der Waals surface area contributed by atoms with Gasteiger partial charge in [0.15, 0.2) is 0 Å². The summed E-state index contributed by atoms with van der Waals surface area (Å²) >= 11 is 9.22. The molecule has 1 aromatic rings. The molecule has 1 heterocycles. The zero-order valence-electron chi connectivity index (χ0n) is 8.92. The van der Waals surface area contributed by atoms with Crippen LogP contribution in [0.4, 0.5) is 5.69 Å². The van der Waals surface area contributed by atoms with E-state index in [2.05, 4.69) is 26.2 Å². The average molecular weight is 305 g/mol. The van der Waals surface area contributed by atoms with Gasteiger partial charge in [0.1, 0.15) is 5.15 Å². The fraction of sp³-hybridized carbons (Fsp3) is 0.545. The van der Waals surface area contributed by atoms with Crippen molar-refractivity contribution in [2.75, 3.05) is 11.9 Å². The number of anilines is 1. The van der Waals surface area contributed by atoms with E-state index in [1.807, 2.05) is 6.07 Å². The third kappa shape index (κ3) is 2.67. The van der Waals surface area contributed by atoms with Crippen LogP contribution in [0.1, 0.15) is 19.3 Å². The molecule has 1 aliphatic rings. The summed E-state index contributed by atoms with van der Waals surface area (Å²) < 4.78 is 0.821. The summed E-state index contributed by atoms with van der Waals surface area (Å²) in [6.07, 6.45) is 5.42. The molecule has 0 aromatic carbocycles. The van der Waals surface area contributed by atoms with E-state index in [0.29, 0.717) is 17.1 Å². The van der Waals surface area contributed by atoms with Gasteiger partial charge in [0.2, 0.25) is 0 Å². The second-order valence-corrected chi connectivity index (χ2v) is 5.39. The first-order valence-corrected chi connectivity index (χ1v) is 6.65. The quantitative estimate of drug-likeness (QED) is 0.844. The number of nitrogens with one attached hydrogen (secondary N) is 1. The molecule has 3 nitrogen and oxygen atoms in total. The first-order valence-electron chi connectivity index (χ1n) is 5.48. The van der Waals surface area contributed by atoms with E-state index in [1.54, 1.807) is 6.20 Å². The van der Waals surface area contributed by atoms with Crippen LogP contribution in [0.2, 0.25) is 5.15 Å². The van der Waals surface area contributed by atoms with Gasteiger partial charge in [-0.2, -0.15) is 0 Å². The van der Waals surface area contributed by atoms with Gasteiger partial charge >= 0.3 is 0 Å². The van der Waals surface area contributed by atoms with Crippen LogP contribution in [-0.4, -0.2) is 17.6 Å². The van der Waals surface area contributed by atoms with Crippen molar-refractivity contribution in [2.45, 2.75) is 25.3 Å². The van der Waals surface area contributed by atoms with Crippen molar-refractivity contribution in [3.63, 3.8) is 0 Å². The smallest absolute Gasteiger partial charge is 0.143 e. The van der Waals surface area contributed by atoms with Crippen LogP contribution in [0.3, 0.4) is 0 Å². The Hall–Kier alpha value is -0.320. The minimum Gasteiger partial charge on any atom is -0.381 e. The summed E-state index contributed by atoms with van der Waals surface area (Å²) in [6.45, 7) is 0.750. The number of hydrogen-bond donors (Lipinski definition) is 2. The van der Waals surface area contributed by atoms with Gasteiger partial charge in [0, 0.05) is 6.04 Å². The number of halogens is 2. The van der Waals surface area contributed by atoms with Crippen LogP contribution in [0, 0.1) is 5.92 Å². The molecule has 0 amide bonds. The highest BCUT2D eigenvalue weighted by molar-refractivity contribution is 9.10. The Bertz CT molecular complexity index is 372. The van der Waals surface area contributed by atoms with Crippen LogP contribution in [0.15, 0.2) is 16.7 Å². The van der Waals surface area contributed by atoms with Gasteiger partial charge in [0.25, 0.3) is 0 Å². The molecular formula is C11H15BrClN3. The number of rotatable bonds is 3. The molecule has 16 heavy (non-hydrogen) atoms. The summed E-state index contributed by atoms with van der Waals surface area (Å²) in [5.41, 5.74) is 6.75. The lowest BCUT2D eigenvalue weighted by Gasteiger charge is -2.20. The van der Waals surface area contributed by atoms with Crippen molar-refractivity contribution < 1.29 is 0 Å². The molecule has 1 fully saturated rings. The molecule has 0 saturated heterocycles. The van der Waals surface area contributed by atoms with Crippen molar-refractivity contribution >= 4 is 33.2 Å². The number of nitrogens with two attached hydrogens (primary N) is 1. The number of aromatic nitrogens is 1. The van der Waals surface area contributed by atoms with Crippen LogP contribution < -0.4 is 11.1 Å². The lowest BCUT2D eigenvalue weighted by molar-refractivity contribution is 0.516.